The maximum atomic E-state index is 13.5. The molecule has 2 amide bonds. The molecule has 1 spiro atoms. The van der Waals surface area contributed by atoms with Crippen LogP contribution in [0.1, 0.15) is 32.6 Å². The van der Waals surface area contributed by atoms with Crippen molar-refractivity contribution in [2.75, 3.05) is 42.9 Å². The third-order valence-corrected chi connectivity index (χ3v) is 7.34. The third-order valence-electron chi connectivity index (χ3n) is 7.34. The average molecular weight is 477 g/mol. The zero-order chi connectivity index (χ0) is 24.3. The summed E-state index contributed by atoms with van der Waals surface area (Å²) in [4.78, 5) is 44.9. The molecule has 3 aliphatic rings. The second-order valence-electron chi connectivity index (χ2n) is 9.38. The Morgan fingerprint density at radius 3 is 2.62 bits per heavy atom. The largest absolute Gasteiger partial charge is 0.370 e. The van der Waals surface area contributed by atoms with E-state index in [1.165, 1.54) is 0 Å². The normalized spacial score (nSPS) is 26.2. The number of amides is 2. The van der Waals surface area contributed by atoms with Crippen LogP contribution in [-0.4, -0.2) is 78.5 Å². The van der Waals surface area contributed by atoms with E-state index in [1.54, 1.807) is 19.3 Å². The Morgan fingerprint density at radius 2 is 1.97 bits per heavy atom. The first-order valence-corrected chi connectivity index (χ1v) is 11.8. The van der Waals surface area contributed by atoms with E-state index in [2.05, 4.69) is 31.0 Å². The molecule has 0 bridgehead atoms. The number of carbonyl (C=O) groups excluding carboxylic acids is 2. The van der Waals surface area contributed by atoms with Gasteiger partial charge in [0.2, 0.25) is 11.8 Å². The molecular formula is C22H33FN8O3. The van der Waals surface area contributed by atoms with E-state index < -0.39 is 30.3 Å². The smallest absolute Gasteiger partial charge is 0.234 e. The van der Waals surface area contributed by atoms with Gasteiger partial charge in [-0.05, 0) is 31.7 Å². The first kappa shape index (κ1) is 24.4. The number of carbonyl (C=O) groups is 2. The second kappa shape index (κ2) is 10.3. The summed E-state index contributed by atoms with van der Waals surface area (Å²) in [5, 5.41) is 11.5. The first-order valence-electron chi connectivity index (χ1n) is 11.8. The lowest BCUT2D eigenvalue weighted by atomic mass is 9.84. The highest BCUT2D eigenvalue weighted by Gasteiger charge is 2.44. The molecule has 3 aliphatic heterocycles. The van der Waals surface area contributed by atoms with E-state index in [1.807, 2.05) is 11.0 Å². The van der Waals surface area contributed by atoms with Crippen molar-refractivity contribution < 1.29 is 14.0 Å². The quantitative estimate of drug-likeness (QED) is 0.435. The van der Waals surface area contributed by atoms with Crippen LogP contribution in [0.5, 0.6) is 0 Å². The Labute approximate surface area is 198 Å². The standard InChI is InChI=1S/C22H33FN8O3/c1-14(32)31-8-2-4-22(31)5-9-30(10-6-22)17-3-7-25-13-16(17)28-21(33)18(19(24)29-34)20-26-11-15(23)12-27-20/h3,7,13,15,18-20,26-27H,2,4-6,8-12,24H2,1H3,(H,28,33). The van der Waals surface area contributed by atoms with E-state index in [0.29, 0.717) is 5.69 Å². The molecule has 5 N–H and O–H groups in total. The van der Waals surface area contributed by atoms with Crippen molar-refractivity contribution in [2.24, 2.45) is 16.8 Å². The zero-order valence-corrected chi connectivity index (χ0v) is 19.4. The maximum Gasteiger partial charge on any atom is 0.234 e. The van der Waals surface area contributed by atoms with Crippen LogP contribution in [0.25, 0.3) is 0 Å². The van der Waals surface area contributed by atoms with Crippen LogP contribution in [0.3, 0.4) is 0 Å². The molecule has 1 aromatic heterocycles. The van der Waals surface area contributed by atoms with Gasteiger partial charge in [0.25, 0.3) is 0 Å². The number of nitrogens with zero attached hydrogens (tertiary/aromatic N) is 4. The Bertz CT molecular complexity index is 902. The topological polar surface area (TPSA) is 145 Å². The summed E-state index contributed by atoms with van der Waals surface area (Å²) in [6.45, 7) is 4.02. The second-order valence-corrected chi connectivity index (χ2v) is 9.38. The summed E-state index contributed by atoms with van der Waals surface area (Å²) in [5.41, 5.74) is 7.08. The Hall–Kier alpha value is -2.70. The number of piperidine rings is 1. The molecule has 34 heavy (non-hydrogen) atoms. The number of nitrogens with one attached hydrogen (secondary N) is 3. The van der Waals surface area contributed by atoms with Gasteiger partial charge in [0.1, 0.15) is 12.1 Å². The number of anilines is 2. The highest BCUT2D eigenvalue weighted by atomic mass is 19.1. The molecule has 186 valence electrons. The van der Waals surface area contributed by atoms with Crippen LogP contribution in [0.2, 0.25) is 0 Å². The summed E-state index contributed by atoms with van der Waals surface area (Å²) >= 11 is 0. The number of hydrogen-bond donors (Lipinski definition) is 4. The van der Waals surface area contributed by atoms with Crippen molar-refractivity contribution >= 4 is 23.2 Å². The molecule has 0 saturated carbocycles. The third kappa shape index (κ3) is 4.89. The number of alkyl halides is 1. The van der Waals surface area contributed by atoms with Crippen LogP contribution in [-0.2, 0) is 9.59 Å². The molecule has 2 atom stereocenters. The Morgan fingerprint density at radius 1 is 1.26 bits per heavy atom. The van der Waals surface area contributed by atoms with Gasteiger partial charge in [-0.2, -0.15) is 0 Å². The van der Waals surface area contributed by atoms with Gasteiger partial charge >= 0.3 is 0 Å². The Kier molecular flexibility index (Phi) is 7.39. The van der Waals surface area contributed by atoms with Crippen LogP contribution < -0.4 is 26.6 Å². The van der Waals surface area contributed by atoms with Crippen molar-refractivity contribution in [3.05, 3.63) is 23.4 Å². The molecule has 0 aliphatic carbocycles. The van der Waals surface area contributed by atoms with Crippen molar-refractivity contribution in [3.8, 4) is 0 Å². The minimum absolute atomic E-state index is 0.0535. The zero-order valence-electron chi connectivity index (χ0n) is 19.4. The number of halogens is 1. The molecular weight excluding hydrogens is 443 g/mol. The molecule has 1 aromatic rings. The van der Waals surface area contributed by atoms with Gasteiger partial charge in [0.15, 0.2) is 6.17 Å². The monoisotopic (exact) mass is 476 g/mol. The van der Waals surface area contributed by atoms with Crippen LogP contribution in [0, 0.1) is 10.8 Å². The number of rotatable bonds is 6. The van der Waals surface area contributed by atoms with Gasteiger partial charge in [-0.25, -0.2) is 4.39 Å². The summed E-state index contributed by atoms with van der Waals surface area (Å²) < 4.78 is 13.5. The lowest BCUT2D eigenvalue weighted by Crippen LogP contribution is -2.62. The van der Waals surface area contributed by atoms with Crippen LogP contribution in [0.15, 0.2) is 23.6 Å². The van der Waals surface area contributed by atoms with E-state index >= 15 is 0 Å². The molecule has 2 unspecified atom stereocenters. The molecule has 0 radical (unpaired) electrons. The number of nitroso groups, excluding NO2 is 1. The van der Waals surface area contributed by atoms with Crippen molar-refractivity contribution in [1.29, 1.82) is 0 Å². The van der Waals surface area contributed by atoms with Crippen LogP contribution in [0.4, 0.5) is 15.8 Å². The summed E-state index contributed by atoms with van der Waals surface area (Å²) in [5.74, 6) is -1.42. The van der Waals surface area contributed by atoms with Gasteiger partial charge in [0, 0.05) is 51.4 Å². The SMILES string of the molecule is CC(=O)N1CCCC12CCN(c1ccncc1NC(=O)C(C(N)N=O)C1NCC(F)CN1)CC2. The van der Waals surface area contributed by atoms with Gasteiger partial charge in [-0.3, -0.25) is 25.2 Å². The summed E-state index contributed by atoms with van der Waals surface area (Å²) in [6.07, 6.45) is 3.88. The van der Waals surface area contributed by atoms with Crippen LogP contribution >= 0.6 is 0 Å². The van der Waals surface area contributed by atoms with E-state index in [0.717, 1.165) is 51.0 Å². The minimum Gasteiger partial charge on any atom is -0.370 e. The van der Waals surface area contributed by atoms with Gasteiger partial charge in [-0.1, -0.05) is 5.18 Å². The fourth-order valence-corrected chi connectivity index (χ4v) is 5.57. The number of pyridine rings is 1. The van der Waals surface area contributed by atoms with Crippen molar-refractivity contribution in [1.82, 2.24) is 20.5 Å². The first-order chi connectivity index (χ1) is 16.3. The molecule has 3 saturated heterocycles. The maximum absolute atomic E-state index is 13.5. The summed E-state index contributed by atoms with van der Waals surface area (Å²) in [6, 6.07) is 1.84. The lowest BCUT2D eigenvalue weighted by molar-refractivity contribution is -0.133. The fourth-order valence-electron chi connectivity index (χ4n) is 5.57. The lowest BCUT2D eigenvalue weighted by Gasteiger charge is -2.45. The highest BCUT2D eigenvalue weighted by molar-refractivity contribution is 5.96. The van der Waals surface area contributed by atoms with Crippen molar-refractivity contribution in [3.63, 3.8) is 0 Å². The van der Waals surface area contributed by atoms with E-state index in [-0.39, 0.29) is 24.5 Å². The fraction of sp³-hybridized carbons (Fsp3) is 0.682. The summed E-state index contributed by atoms with van der Waals surface area (Å²) in [7, 11) is 0. The minimum atomic E-state index is -1.31. The molecule has 3 fully saturated rings. The predicted octanol–water partition coefficient (Wildman–Crippen LogP) is 0.526. The van der Waals surface area contributed by atoms with Gasteiger partial charge in [0.05, 0.1) is 23.7 Å². The van der Waals surface area contributed by atoms with Gasteiger partial charge in [-0.15, -0.1) is 4.91 Å². The number of likely N-dealkylation sites (tertiary alicyclic amines) is 1. The van der Waals surface area contributed by atoms with E-state index in [9.17, 15) is 18.9 Å². The van der Waals surface area contributed by atoms with Gasteiger partial charge < -0.3 is 20.9 Å². The average Bonchev–Trinajstić information content (AvgIpc) is 3.24. The highest BCUT2D eigenvalue weighted by Crippen LogP contribution is 2.40. The molecule has 11 nitrogen and oxygen atoms in total. The Balaban J connectivity index is 1.47. The predicted molar refractivity (Wildman–Crippen MR) is 126 cm³/mol. The van der Waals surface area contributed by atoms with Crippen molar-refractivity contribution in [2.45, 2.75) is 56.6 Å². The number of nitrogens with two attached hydrogens (primary N) is 1. The molecule has 12 heteroatoms. The molecule has 4 rings (SSSR count). The van der Waals surface area contributed by atoms with E-state index in [4.69, 9.17) is 5.73 Å². The number of hydrogen-bond acceptors (Lipinski definition) is 9. The molecule has 0 aromatic carbocycles. The molecule has 4 heterocycles. The number of aromatic nitrogens is 1.